The zero-order valence-electron chi connectivity index (χ0n) is 37.1. The topological polar surface area (TPSA) is 483 Å². The quantitative estimate of drug-likeness (QED) is 0.0475. The van der Waals surface area contributed by atoms with E-state index >= 15 is 0 Å². The highest BCUT2D eigenvalue weighted by atomic mass is 16.8. The van der Waals surface area contributed by atoms with Crippen LogP contribution in [-0.4, -0.2) is 301 Å². The third kappa shape index (κ3) is 13.2. The van der Waals surface area contributed by atoms with Crippen LogP contribution in [0.5, 0.6) is 0 Å². The summed E-state index contributed by atoms with van der Waals surface area (Å²) in [5, 5.41) is 167. The number of rotatable bonds is 21. The van der Waals surface area contributed by atoms with Crippen LogP contribution >= 0.6 is 0 Å². The van der Waals surface area contributed by atoms with Gasteiger partial charge in [-0.1, -0.05) is 0 Å². The van der Waals surface area contributed by atoms with Crippen molar-refractivity contribution in [1.82, 2.24) is 16.0 Å². The summed E-state index contributed by atoms with van der Waals surface area (Å²) in [6.45, 7) is -3.59. The minimum atomic E-state index is -2.13. The van der Waals surface area contributed by atoms with Gasteiger partial charge < -0.3 is 140 Å². The van der Waals surface area contributed by atoms with E-state index in [0.29, 0.717) is 0 Å². The molecule has 5 aliphatic rings. The standard InChI is InChI=1S/C38H65N3O28/c1-11(49)40-19-23(53)21(51)14(4-43)61-34(19)66-31-18(8-47)65-37(28(58)26(31)56)67-30-16(6-45)63-35(20(24(30)54)41-12(2)50)69-33-22(52)15(5-44)62-38(29(33)59)68-32-17(7-46)64-36(27(57)25(32)55)60-9-13(3-42)39-10-48/h10,13-38,42-47,51-59H,3-9H2,1-2H3,(H,39,48)(H,40,49)(H,41,50)/t13-,14-,15-,16-,17-,18-,19-,20-,21+,22+,23-,24-,25-,26-,27-,28-,29-,30+,31+,32-,33+,34+,35+,36-,37+,38+/m1/s1. The first kappa shape index (κ1) is 57.3. The molecule has 31 nitrogen and oxygen atoms in total. The van der Waals surface area contributed by atoms with E-state index < -0.39 is 218 Å². The van der Waals surface area contributed by atoms with E-state index in [-0.39, 0.29) is 6.41 Å². The maximum atomic E-state index is 12.5. The van der Waals surface area contributed by atoms with Gasteiger partial charge in [-0.05, 0) is 0 Å². The van der Waals surface area contributed by atoms with Crippen LogP contribution in [0.25, 0.3) is 0 Å². The molecule has 0 radical (unpaired) electrons. The second-order valence-corrected chi connectivity index (χ2v) is 16.9. The number of carbonyl (C=O) groups is 3. The summed E-state index contributed by atoms with van der Waals surface area (Å²) < 4.78 is 56.9. The lowest BCUT2D eigenvalue weighted by Gasteiger charge is -2.50. The Morgan fingerprint density at radius 1 is 0.464 bits per heavy atom. The number of ether oxygens (including phenoxy) is 10. The van der Waals surface area contributed by atoms with Crippen molar-refractivity contribution in [3.8, 4) is 0 Å². The molecule has 0 aromatic rings. The minimum absolute atomic E-state index is 0.286. The Labute approximate surface area is 391 Å². The van der Waals surface area contributed by atoms with Gasteiger partial charge in [-0.2, -0.15) is 0 Å². The SMILES string of the molecule is CC(=O)N[C@H]1[C@H](O[C@H]2[C@@H](O)[C@@H](CO)O[C@@H](O[C@H]3[C@H](O)[C@@H](O)[C@H](OC[C@@H](CO)NC=O)O[C@@H]3CO)[C@@H]2O)O[C@H](CO)[C@H](O[C@@H]2O[C@H](CO)[C@H](O[C@@H]3O[C@H](CO)[C@H](O)[C@H](O)[C@H]3NC(C)=O)[C@H](O)[C@H]2O)[C@@H]1O. The summed E-state index contributed by atoms with van der Waals surface area (Å²) in [5.74, 6) is -1.54. The molecule has 5 rings (SSSR count). The van der Waals surface area contributed by atoms with E-state index in [0.717, 1.165) is 13.8 Å². The summed E-state index contributed by atoms with van der Waals surface area (Å²) in [6.07, 6.45) is -41.9. The molecule has 3 amide bonds. The average molecular weight is 1010 g/mol. The number of nitrogens with one attached hydrogen (secondary N) is 3. The number of aliphatic hydroxyl groups excluding tert-OH is 15. The van der Waals surface area contributed by atoms with Gasteiger partial charge in [0.15, 0.2) is 31.5 Å². The van der Waals surface area contributed by atoms with Gasteiger partial charge in [-0.15, -0.1) is 0 Å². The summed E-state index contributed by atoms with van der Waals surface area (Å²) in [7, 11) is 0. The van der Waals surface area contributed by atoms with Crippen molar-refractivity contribution in [2.45, 2.75) is 173 Å². The molecule has 0 bridgehead atoms. The monoisotopic (exact) mass is 1010 g/mol. The molecule has 18 N–H and O–H groups in total. The third-order valence-electron chi connectivity index (χ3n) is 12.1. The summed E-state index contributed by atoms with van der Waals surface area (Å²) >= 11 is 0. The smallest absolute Gasteiger partial charge is 0.217 e. The van der Waals surface area contributed by atoms with E-state index in [4.69, 9.17) is 47.4 Å². The Morgan fingerprint density at radius 3 is 1.32 bits per heavy atom. The first-order valence-corrected chi connectivity index (χ1v) is 21.8. The van der Waals surface area contributed by atoms with Gasteiger partial charge in [0.25, 0.3) is 0 Å². The van der Waals surface area contributed by atoms with Crippen molar-refractivity contribution in [3.63, 3.8) is 0 Å². The molecule has 69 heavy (non-hydrogen) atoms. The molecule has 0 unspecified atom stereocenters. The summed E-state index contributed by atoms with van der Waals surface area (Å²) in [6, 6.07) is -4.20. The lowest BCUT2D eigenvalue weighted by molar-refractivity contribution is -0.384. The Morgan fingerprint density at radius 2 is 0.841 bits per heavy atom. The van der Waals surface area contributed by atoms with Gasteiger partial charge in [-0.3, -0.25) is 14.4 Å². The second-order valence-electron chi connectivity index (χ2n) is 16.9. The van der Waals surface area contributed by atoms with Crippen LogP contribution in [-0.2, 0) is 61.8 Å². The molecule has 0 aromatic carbocycles. The van der Waals surface area contributed by atoms with Crippen LogP contribution in [0.15, 0.2) is 0 Å². The number of carbonyl (C=O) groups excluding carboxylic acids is 3. The molecule has 0 aromatic heterocycles. The van der Waals surface area contributed by atoms with E-state index in [1.807, 2.05) is 0 Å². The molecule has 0 saturated carbocycles. The van der Waals surface area contributed by atoms with Gasteiger partial charge >= 0.3 is 0 Å². The number of amides is 3. The van der Waals surface area contributed by atoms with Crippen LogP contribution < -0.4 is 16.0 Å². The summed E-state index contributed by atoms with van der Waals surface area (Å²) in [5.41, 5.74) is 0. The highest BCUT2D eigenvalue weighted by molar-refractivity contribution is 5.73. The third-order valence-corrected chi connectivity index (χ3v) is 12.1. The molecule has 31 heteroatoms. The van der Waals surface area contributed by atoms with Crippen molar-refractivity contribution < 1.29 is 138 Å². The Balaban J connectivity index is 1.31. The number of aliphatic hydroxyl groups is 15. The number of hydrogen-bond acceptors (Lipinski definition) is 28. The molecule has 26 atom stereocenters. The summed E-state index contributed by atoms with van der Waals surface area (Å²) in [4.78, 5) is 35.2. The van der Waals surface area contributed by atoms with Crippen LogP contribution in [0.4, 0.5) is 0 Å². The van der Waals surface area contributed by atoms with Crippen molar-refractivity contribution in [2.24, 2.45) is 0 Å². The van der Waals surface area contributed by atoms with Crippen LogP contribution in [0.1, 0.15) is 13.8 Å². The fraction of sp³-hybridized carbons (Fsp3) is 0.921. The molecule has 0 spiro atoms. The Hall–Kier alpha value is -2.59. The van der Waals surface area contributed by atoms with Crippen LogP contribution in [0.3, 0.4) is 0 Å². The molecule has 5 heterocycles. The first-order chi connectivity index (χ1) is 32.8. The minimum Gasteiger partial charge on any atom is -0.394 e. The largest absolute Gasteiger partial charge is 0.394 e. The van der Waals surface area contributed by atoms with Crippen molar-refractivity contribution in [3.05, 3.63) is 0 Å². The van der Waals surface area contributed by atoms with E-state index in [1.165, 1.54) is 0 Å². The average Bonchev–Trinajstić information content (AvgIpc) is 3.32. The predicted octanol–water partition coefficient (Wildman–Crippen LogP) is -12.5. The Bertz CT molecular complexity index is 1610. The lowest BCUT2D eigenvalue weighted by atomic mass is 9.94. The first-order valence-electron chi connectivity index (χ1n) is 21.8. The van der Waals surface area contributed by atoms with Crippen LogP contribution in [0, 0.1) is 0 Å². The molecular formula is C38H65N3O28. The van der Waals surface area contributed by atoms with E-state index in [2.05, 4.69) is 16.0 Å². The normalized spacial score (nSPS) is 45.6. The van der Waals surface area contributed by atoms with Crippen molar-refractivity contribution >= 4 is 18.2 Å². The lowest BCUT2D eigenvalue weighted by Crippen LogP contribution is -2.70. The molecule has 5 fully saturated rings. The van der Waals surface area contributed by atoms with Crippen molar-refractivity contribution in [1.29, 1.82) is 0 Å². The highest BCUT2D eigenvalue weighted by Crippen LogP contribution is 2.36. The molecule has 400 valence electrons. The van der Waals surface area contributed by atoms with Crippen LogP contribution in [0.2, 0.25) is 0 Å². The zero-order chi connectivity index (χ0) is 51.0. The van der Waals surface area contributed by atoms with Gasteiger partial charge in [0.2, 0.25) is 18.2 Å². The molecule has 0 aliphatic carbocycles. The molecule has 5 aliphatic heterocycles. The Kier molecular flexibility index (Phi) is 21.5. The molecule has 5 saturated heterocycles. The fourth-order valence-corrected chi connectivity index (χ4v) is 8.42. The van der Waals surface area contributed by atoms with Crippen molar-refractivity contribution in [2.75, 3.05) is 46.2 Å². The van der Waals surface area contributed by atoms with E-state index in [9.17, 15) is 91.0 Å². The number of hydrogen-bond donors (Lipinski definition) is 18. The second kappa shape index (κ2) is 25.9. The maximum Gasteiger partial charge on any atom is 0.217 e. The molecular weight excluding hydrogens is 946 g/mol. The van der Waals surface area contributed by atoms with Gasteiger partial charge in [0.1, 0.15) is 122 Å². The van der Waals surface area contributed by atoms with E-state index in [1.54, 1.807) is 0 Å². The van der Waals surface area contributed by atoms with Gasteiger partial charge in [0, 0.05) is 13.8 Å². The fourth-order valence-electron chi connectivity index (χ4n) is 8.42. The van der Waals surface area contributed by atoms with Gasteiger partial charge in [-0.25, -0.2) is 0 Å². The predicted molar refractivity (Wildman–Crippen MR) is 214 cm³/mol. The highest BCUT2D eigenvalue weighted by Gasteiger charge is 2.57. The maximum absolute atomic E-state index is 12.5. The zero-order valence-corrected chi connectivity index (χ0v) is 37.1. The van der Waals surface area contributed by atoms with Gasteiger partial charge in [0.05, 0.1) is 52.3 Å².